The molecule has 57 heavy (non-hydrogen) atoms. The van der Waals surface area contributed by atoms with E-state index in [0.29, 0.717) is 25.7 Å². The molecule has 0 heterocycles. The molecule has 0 spiro atoms. The number of carboxylic acid groups (broad SMARTS) is 1. The second-order valence-electron chi connectivity index (χ2n) is 14.5. The summed E-state index contributed by atoms with van der Waals surface area (Å²) in [6, 6.07) is -1.54. The third kappa shape index (κ3) is 38.4. The smallest absolute Gasteiger partial charge is 0.472 e. The van der Waals surface area contributed by atoms with Gasteiger partial charge in [0, 0.05) is 19.3 Å². The van der Waals surface area contributed by atoms with Crippen molar-refractivity contribution in [3.63, 3.8) is 0 Å². The largest absolute Gasteiger partial charge is 0.480 e. The second-order valence-corrected chi connectivity index (χ2v) is 16.0. The summed E-state index contributed by atoms with van der Waals surface area (Å²) in [7, 11) is -4.74. The zero-order valence-electron chi connectivity index (χ0n) is 35.2. The van der Waals surface area contributed by atoms with Crippen LogP contribution >= 0.6 is 7.82 Å². The molecule has 0 aromatic carbocycles. The van der Waals surface area contributed by atoms with Crippen molar-refractivity contribution in [1.82, 2.24) is 0 Å². The number of carbonyl (C=O) groups excluding carboxylic acids is 3. The first-order valence-electron chi connectivity index (χ1n) is 21.6. The minimum absolute atomic E-state index is 0.0594. The van der Waals surface area contributed by atoms with Crippen LogP contribution in [0.2, 0.25) is 0 Å². The maximum Gasteiger partial charge on any atom is 0.472 e. The Kier molecular flexibility index (Phi) is 36.7. The highest BCUT2D eigenvalue weighted by atomic mass is 31.2. The number of hydrogen-bond donors (Lipinski definition) is 3. The lowest BCUT2D eigenvalue weighted by Gasteiger charge is -2.20. The average Bonchev–Trinajstić information content (AvgIpc) is 3.18. The van der Waals surface area contributed by atoms with Crippen LogP contribution in [0.4, 0.5) is 0 Å². The number of carbonyl (C=O) groups is 4. The first-order chi connectivity index (χ1) is 27.5. The molecule has 0 aliphatic heterocycles. The van der Waals surface area contributed by atoms with Crippen molar-refractivity contribution in [3.8, 4) is 0 Å². The highest BCUT2D eigenvalue weighted by molar-refractivity contribution is 7.47. The summed E-state index contributed by atoms with van der Waals surface area (Å²) < 4.78 is 32.6. The number of ether oxygens (including phenoxy) is 2. The molecule has 328 valence electrons. The van der Waals surface area contributed by atoms with Crippen molar-refractivity contribution < 1.29 is 52.3 Å². The van der Waals surface area contributed by atoms with Crippen molar-refractivity contribution in [2.24, 2.45) is 5.73 Å². The Bertz CT molecular complexity index is 1220. The molecule has 0 aliphatic rings. The molecule has 0 aromatic rings. The lowest BCUT2D eigenvalue weighted by atomic mass is 10.0. The van der Waals surface area contributed by atoms with Gasteiger partial charge in [0.15, 0.2) is 11.9 Å². The Morgan fingerprint density at radius 2 is 1.09 bits per heavy atom. The Labute approximate surface area is 343 Å². The number of phosphoric acid groups is 1. The van der Waals surface area contributed by atoms with Crippen molar-refractivity contribution in [2.45, 2.75) is 187 Å². The van der Waals surface area contributed by atoms with Crippen LogP contribution in [0.25, 0.3) is 0 Å². The lowest BCUT2D eigenvalue weighted by molar-refractivity contribution is -0.161. The number of nitrogens with two attached hydrogens (primary N) is 1. The Balaban J connectivity index is 4.51. The maximum atomic E-state index is 12.6. The van der Waals surface area contributed by atoms with Gasteiger partial charge in [0.1, 0.15) is 12.6 Å². The number of phosphoric ester groups is 1. The zero-order chi connectivity index (χ0) is 42.2. The Hall–Kier alpha value is -2.89. The minimum atomic E-state index is -4.74. The number of hydrogen-bond acceptors (Lipinski definition) is 10. The number of unbranched alkanes of at least 4 members (excludes halogenated alkanes) is 17. The summed E-state index contributed by atoms with van der Waals surface area (Å²) in [4.78, 5) is 57.6. The van der Waals surface area contributed by atoms with Crippen LogP contribution in [0.15, 0.2) is 48.6 Å². The van der Waals surface area contributed by atoms with E-state index in [1.54, 1.807) is 12.2 Å². The van der Waals surface area contributed by atoms with Crippen LogP contribution in [-0.4, -0.2) is 65.7 Å². The lowest BCUT2D eigenvalue weighted by Crippen LogP contribution is -2.34. The van der Waals surface area contributed by atoms with E-state index in [1.807, 2.05) is 36.5 Å². The van der Waals surface area contributed by atoms with Crippen molar-refractivity contribution >= 4 is 31.5 Å². The van der Waals surface area contributed by atoms with Crippen molar-refractivity contribution in [2.75, 3.05) is 19.8 Å². The van der Waals surface area contributed by atoms with Crippen LogP contribution in [0.3, 0.4) is 0 Å². The zero-order valence-corrected chi connectivity index (χ0v) is 36.1. The molecule has 12 nitrogen and oxygen atoms in total. The third-order valence-corrected chi connectivity index (χ3v) is 10.0. The number of esters is 2. The van der Waals surface area contributed by atoms with E-state index < -0.39 is 51.1 Å². The number of rotatable bonds is 40. The van der Waals surface area contributed by atoms with Crippen LogP contribution in [0.1, 0.15) is 174 Å². The summed E-state index contributed by atoms with van der Waals surface area (Å²) in [6.45, 7) is 2.57. The molecule has 0 bridgehead atoms. The van der Waals surface area contributed by atoms with Crippen LogP contribution in [-0.2, 0) is 42.3 Å². The maximum absolute atomic E-state index is 12.6. The second kappa shape index (κ2) is 38.6. The summed E-state index contributed by atoms with van der Waals surface area (Å²) in [5.74, 6) is -2.34. The molecular formula is C44H76NO11P. The van der Waals surface area contributed by atoms with Crippen LogP contribution in [0, 0.1) is 0 Å². The Morgan fingerprint density at radius 1 is 0.596 bits per heavy atom. The first-order valence-corrected chi connectivity index (χ1v) is 23.1. The van der Waals surface area contributed by atoms with Crippen LogP contribution < -0.4 is 5.73 Å². The number of carboxylic acids is 1. The molecule has 1 unspecified atom stereocenters. The molecule has 13 heteroatoms. The van der Waals surface area contributed by atoms with E-state index in [2.05, 4.69) is 18.4 Å². The van der Waals surface area contributed by atoms with E-state index in [-0.39, 0.29) is 25.2 Å². The Morgan fingerprint density at radius 3 is 1.68 bits per heavy atom. The highest BCUT2D eigenvalue weighted by Crippen LogP contribution is 2.43. The van der Waals surface area contributed by atoms with Crippen LogP contribution in [0.5, 0.6) is 0 Å². The van der Waals surface area contributed by atoms with Gasteiger partial charge in [0.2, 0.25) is 0 Å². The molecule has 0 saturated heterocycles. The summed E-state index contributed by atoms with van der Waals surface area (Å²) in [5.41, 5.74) is 5.32. The molecule has 0 rings (SSSR count). The molecule has 0 fully saturated rings. The van der Waals surface area contributed by atoms with Gasteiger partial charge < -0.3 is 25.2 Å². The average molecular weight is 826 g/mol. The molecule has 0 amide bonds. The summed E-state index contributed by atoms with van der Waals surface area (Å²) in [5, 5.41) is 8.88. The van der Waals surface area contributed by atoms with Gasteiger partial charge in [-0.2, -0.15) is 0 Å². The molecule has 4 N–H and O–H groups in total. The quantitative estimate of drug-likeness (QED) is 0.0133. The standard InChI is InChI=1S/C44H76NO11P/c1-3-5-7-8-9-10-11-12-13-14-17-20-23-26-30-34-42(47)53-36-40(37-54-57(51,52)55-38-41(45)44(49)50)56-43(48)35-31-27-24-21-18-15-16-19-22-25-29-33-39(46)32-28-6-4-2/h15-16,21-22,24-25,29,33,40-41H,3-14,17-20,23,26-28,30-32,34-38,45H2,1-2H3,(H,49,50)(H,51,52)/b16-15-,24-21-,25-22-,33-29+/t40-,41+/m1/s1. The molecule has 0 aromatic heterocycles. The molecule has 0 saturated carbocycles. The van der Waals surface area contributed by atoms with Gasteiger partial charge in [-0.1, -0.05) is 159 Å². The summed E-state index contributed by atoms with van der Waals surface area (Å²) >= 11 is 0. The van der Waals surface area contributed by atoms with Crippen molar-refractivity contribution in [3.05, 3.63) is 48.6 Å². The number of ketones is 1. The normalized spacial score (nSPS) is 14.1. The molecule has 0 radical (unpaired) electrons. The fourth-order valence-corrected chi connectivity index (χ4v) is 6.38. The van der Waals surface area contributed by atoms with Gasteiger partial charge >= 0.3 is 25.7 Å². The van der Waals surface area contributed by atoms with Gasteiger partial charge in [-0.15, -0.1) is 0 Å². The van der Waals surface area contributed by atoms with Gasteiger partial charge in [-0.3, -0.25) is 28.2 Å². The molecular weight excluding hydrogens is 749 g/mol. The topological polar surface area (TPSA) is 189 Å². The fraction of sp³-hybridized carbons (Fsp3) is 0.727. The number of allylic oxidation sites excluding steroid dienone is 8. The van der Waals surface area contributed by atoms with E-state index in [1.165, 1.54) is 70.6 Å². The van der Waals surface area contributed by atoms with Crippen molar-refractivity contribution in [1.29, 1.82) is 0 Å². The number of aliphatic carboxylic acids is 1. The summed E-state index contributed by atoms with van der Waals surface area (Å²) in [6.07, 6.45) is 38.8. The molecule has 3 atom stereocenters. The highest BCUT2D eigenvalue weighted by Gasteiger charge is 2.28. The minimum Gasteiger partial charge on any atom is -0.480 e. The van der Waals surface area contributed by atoms with E-state index in [9.17, 15) is 28.6 Å². The predicted molar refractivity (Wildman–Crippen MR) is 227 cm³/mol. The van der Waals surface area contributed by atoms with E-state index in [4.69, 9.17) is 24.8 Å². The van der Waals surface area contributed by atoms with Gasteiger partial charge in [-0.25, -0.2) is 4.57 Å². The first kappa shape index (κ1) is 54.1. The van der Waals surface area contributed by atoms with Gasteiger partial charge in [-0.05, 0) is 44.6 Å². The fourth-order valence-electron chi connectivity index (χ4n) is 5.60. The van der Waals surface area contributed by atoms with Gasteiger partial charge in [0.05, 0.1) is 13.2 Å². The van der Waals surface area contributed by atoms with Gasteiger partial charge in [0.25, 0.3) is 0 Å². The molecule has 0 aliphatic carbocycles. The third-order valence-electron chi connectivity index (χ3n) is 9.06. The van der Waals surface area contributed by atoms with E-state index >= 15 is 0 Å². The monoisotopic (exact) mass is 826 g/mol. The predicted octanol–water partition coefficient (Wildman–Crippen LogP) is 10.6. The SMILES string of the molecule is CCCCCCCCCCCCCCCCCC(=O)OC[C@H](COP(=O)(O)OC[C@H](N)C(=O)O)OC(=O)CCC/C=C\C/C=C\C/C=C\C=C\C(=O)CCCCC. The van der Waals surface area contributed by atoms with E-state index in [0.717, 1.165) is 51.4 Å².